The molecule has 4 N–H and O–H groups in total. The lowest BCUT2D eigenvalue weighted by Gasteiger charge is -2.36. The lowest BCUT2D eigenvalue weighted by molar-refractivity contribution is -0.149. The zero-order valence-electron chi connectivity index (χ0n) is 31.7. The average Bonchev–Trinajstić information content (AvgIpc) is 3.57. The molecule has 13 heteroatoms. The van der Waals surface area contributed by atoms with Gasteiger partial charge in [-0.25, -0.2) is 4.98 Å². The number of carbonyl (C=O) groups excluding carboxylic acids is 4. The predicted octanol–water partition coefficient (Wildman–Crippen LogP) is 5.24. The quantitative estimate of drug-likeness (QED) is 0.0937. The van der Waals surface area contributed by atoms with E-state index in [1.165, 1.54) is 18.3 Å². The number of esters is 1. The summed E-state index contributed by atoms with van der Waals surface area (Å²) in [7, 11) is 3.60. The SMILES string of the molecule is CNCCCC[C@@H](C)C(=O)N[C@H](C(=O)N(C)[C@H](C[C@@H](OC(C)=O)c1nc(C(=O)N[C@@H](Cc2ccccc2)C[C@H](C)C(=O)O)cs1)C(C)C)C(C)C. The van der Waals surface area contributed by atoms with Gasteiger partial charge < -0.3 is 30.7 Å². The minimum absolute atomic E-state index is 0.0516. The number of nitrogens with zero attached hydrogens (tertiary/aromatic N) is 2. The fourth-order valence-corrected chi connectivity index (χ4v) is 6.83. The van der Waals surface area contributed by atoms with Gasteiger partial charge in [-0.1, -0.05) is 78.3 Å². The van der Waals surface area contributed by atoms with E-state index in [-0.39, 0.29) is 48.1 Å². The van der Waals surface area contributed by atoms with Crippen molar-refractivity contribution in [1.29, 1.82) is 0 Å². The Hall–Kier alpha value is -3.84. The van der Waals surface area contributed by atoms with Crippen LogP contribution in [0.15, 0.2) is 35.7 Å². The van der Waals surface area contributed by atoms with Gasteiger partial charge in [-0.15, -0.1) is 11.3 Å². The second-order valence-electron chi connectivity index (χ2n) is 14.2. The summed E-state index contributed by atoms with van der Waals surface area (Å²) in [6.45, 7) is 13.4. The molecular formula is C38H59N5O7S. The van der Waals surface area contributed by atoms with Gasteiger partial charge in [0.05, 0.1) is 5.92 Å². The van der Waals surface area contributed by atoms with Gasteiger partial charge in [-0.2, -0.15) is 0 Å². The van der Waals surface area contributed by atoms with Crippen LogP contribution < -0.4 is 16.0 Å². The lowest BCUT2D eigenvalue weighted by Crippen LogP contribution is -2.54. The molecule has 3 amide bonds. The van der Waals surface area contributed by atoms with Gasteiger partial charge in [-0.05, 0) is 56.7 Å². The molecule has 0 fully saturated rings. The van der Waals surface area contributed by atoms with Crippen LogP contribution in [0.2, 0.25) is 0 Å². The van der Waals surface area contributed by atoms with Crippen LogP contribution in [0.1, 0.15) is 108 Å². The van der Waals surface area contributed by atoms with E-state index in [0.717, 1.165) is 31.4 Å². The predicted molar refractivity (Wildman–Crippen MR) is 199 cm³/mol. The number of carbonyl (C=O) groups is 5. The Labute approximate surface area is 307 Å². The van der Waals surface area contributed by atoms with Crippen molar-refractivity contribution in [2.45, 2.75) is 111 Å². The van der Waals surface area contributed by atoms with Crippen LogP contribution in [0.4, 0.5) is 0 Å². The molecule has 0 bridgehead atoms. The molecule has 0 aliphatic heterocycles. The number of benzene rings is 1. The van der Waals surface area contributed by atoms with Gasteiger partial charge in [-0.3, -0.25) is 24.0 Å². The molecule has 12 nitrogen and oxygen atoms in total. The minimum atomic E-state index is -0.946. The summed E-state index contributed by atoms with van der Waals surface area (Å²) in [5, 5.41) is 20.6. The summed E-state index contributed by atoms with van der Waals surface area (Å²) in [4.78, 5) is 70.6. The highest BCUT2D eigenvalue weighted by Gasteiger charge is 2.35. The first-order valence-electron chi connectivity index (χ1n) is 18.0. The van der Waals surface area contributed by atoms with Crippen LogP contribution in [0.5, 0.6) is 0 Å². The van der Waals surface area contributed by atoms with E-state index in [0.29, 0.717) is 11.4 Å². The van der Waals surface area contributed by atoms with Crippen molar-refractivity contribution in [3.05, 3.63) is 52.0 Å². The summed E-state index contributed by atoms with van der Waals surface area (Å²) in [5.74, 6) is -3.45. The van der Waals surface area contributed by atoms with E-state index in [1.54, 1.807) is 24.3 Å². The monoisotopic (exact) mass is 729 g/mol. The Kier molecular flexibility index (Phi) is 18.3. The summed E-state index contributed by atoms with van der Waals surface area (Å²) < 4.78 is 5.74. The number of hydrogen-bond donors (Lipinski definition) is 4. The molecule has 0 unspecified atom stereocenters. The van der Waals surface area contributed by atoms with Gasteiger partial charge in [0.25, 0.3) is 5.91 Å². The maximum absolute atomic E-state index is 14.0. The van der Waals surface area contributed by atoms with Gasteiger partial charge in [0, 0.05) is 43.8 Å². The van der Waals surface area contributed by atoms with Crippen LogP contribution in [0, 0.1) is 23.7 Å². The van der Waals surface area contributed by atoms with Crippen molar-refractivity contribution in [3.8, 4) is 0 Å². The standard InChI is InChI=1S/C38H59N5O7S/c1-23(2)31(43(9)37(47)33(24(3)4)42-34(45)25(5)15-13-14-18-39-8)21-32(50-27(7)44)36-41-30(22-51-36)35(46)40-29(19-26(6)38(48)49)20-28-16-11-10-12-17-28/h10-12,16-17,22-26,29,31-33,39H,13-15,18-21H2,1-9H3,(H,40,46)(H,42,45)(H,48,49)/t25-,26+,29-,31-,32-,33+/m1/s1. The molecule has 2 rings (SSSR count). The first kappa shape index (κ1) is 43.3. The molecule has 0 spiro atoms. The second-order valence-corrected chi connectivity index (χ2v) is 15.1. The van der Waals surface area contributed by atoms with E-state index >= 15 is 0 Å². The first-order valence-corrected chi connectivity index (χ1v) is 18.8. The van der Waals surface area contributed by atoms with Crippen molar-refractivity contribution in [1.82, 2.24) is 25.8 Å². The molecule has 0 radical (unpaired) electrons. The third-order valence-corrected chi connectivity index (χ3v) is 10.1. The summed E-state index contributed by atoms with van der Waals surface area (Å²) >= 11 is 1.18. The van der Waals surface area contributed by atoms with Gasteiger partial charge in [0.2, 0.25) is 11.8 Å². The highest BCUT2D eigenvalue weighted by atomic mass is 32.1. The third-order valence-electron chi connectivity index (χ3n) is 9.12. The molecule has 0 aliphatic rings. The number of ether oxygens (including phenoxy) is 1. The number of thiazole rings is 1. The average molecular weight is 730 g/mol. The normalized spacial score (nSPS) is 15.0. The number of carboxylic acids is 1. The maximum Gasteiger partial charge on any atom is 0.306 e. The highest BCUT2D eigenvalue weighted by Crippen LogP contribution is 2.31. The Morgan fingerprint density at radius 2 is 1.59 bits per heavy atom. The van der Waals surface area contributed by atoms with E-state index in [1.807, 2.05) is 72.0 Å². The molecule has 1 heterocycles. The number of rotatable bonds is 22. The van der Waals surface area contributed by atoms with E-state index in [4.69, 9.17) is 4.74 Å². The Bertz CT molecular complexity index is 1420. The molecule has 0 aliphatic carbocycles. The lowest BCUT2D eigenvalue weighted by atomic mass is 9.94. The van der Waals surface area contributed by atoms with E-state index in [9.17, 15) is 29.1 Å². The number of likely N-dealkylation sites (N-methyl/N-ethyl adjacent to an activating group) is 1. The number of amides is 3. The molecule has 0 saturated heterocycles. The number of aromatic nitrogens is 1. The zero-order chi connectivity index (χ0) is 38.2. The van der Waals surface area contributed by atoms with Crippen molar-refractivity contribution in [3.63, 3.8) is 0 Å². The van der Waals surface area contributed by atoms with Crippen LogP contribution in [-0.4, -0.2) is 83.4 Å². The Balaban J connectivity index is 2.25. The fraction of sp³-hybridized carbons (Fsp3) is 0.632. The fourth-order valence-electron chi connectivity index (χ4n) is 5.99. The minimum Gasteiger partial charge on any atom is -0.481 e. The zero-order valence-corrected chi connectivity index (χ0v) is 32.5. The van der Waals surface area contributed by atoms with Crippen molar-refractivity contribution in [2.24, 2.45) is 23.7 Å². The van der Waals surface area contributed by atoms with Gasteiger partial charge in [0.1, 0.15) is 16.7 Å². The van der Waals surface area contributed by atoms with Crippen molar-refractivity contribution >= 4 is 41.0 Å². The van der Waals surface area contributed by atoms with Gasteiger partial charge >= 0.3 is 11.9 Å². The van der Waals surface area contributed by atoms with Crippen LogP contribution in [0.3, 0.4) is 0 Å². The molecule has 1 aromatic carbocycles. The molecule has 2 aromatic rings. The van der Waals surface area contributed by atoms with E-state index in [2.05, 4.69) is 20.9 Å². The number of unbranched alkanes of at least 4 members (excludes halogenated alkanes) is 1. The molecule has 0 saturated carbocycles. The maximum atomic E-state index is 14.0. The number of aliphatic carboxylic acids is 1. The largest absolute Gasteiger partial charge is 0.481 e. The topological polar surface area (TPSA) is 167 Å². The number of hydrogen-bond acceptors (Lipinski definition) is 9. The molecule has 51 heavy (non-hydrogen) atoms. The molecule has 1 aromatic heterocycles. The highest BCUT2D eigenvalue weighted by molar-refractivity contribution is 7.09. The summed E-state index contributed by atoms with van der Waals surface area (Å²) in [6, 6.07) is 7.93. The van der Waals surface area contributed by atoms with Crippen LogP contribution >= 0.6 is 11.3 Å². The second kappa shape index (κ2) is 21.5. The Morgan fingerprint density at radius 1 is 0.922 bits per heavy atom. The van der Waals surface area contributed by atoms with Gasteiger partial charge in [0.15, 0.2) is 6.10 Å². The van der Waals surface area contributed by atoms with Crippen LogP contribution in [-0.2, 0) is 30.3 Å². The number of carboxylic acid groups (broad SMARTS) is 1. The third kappa shape index (κ3) is 14.4. The number of nitrogens with one attached hydrogen (secondary N) is 3. The molecule has 284 valence electrons. The first-order chi connectivity index (χ1) is 24.0. The van der Waals surface area contributed by atoms with Crippen LogP contribution in [0.25, 0.3) is 0 Å². The van der Waals surface area contributed by atoms with Crippen molar-refractivity contribution in [2.75, 3.05) is 20.6 Å². The van der Waals surface area contributed by atoms with E-state index < -0.39 is 48.0 Å². The van der Waals surface area contributed by atoms with Crippen molar-refractivity contribution < 1.29 is 33.8 Å². The summed E-state index contributed by atoms with van der Waals surface area (Å²) in [6.07, 6.45) is 2.66. The smallest absolute Gasteiger partial charge is 0.306 e. The molecular weight excluding hydrogens is 671 g/mol. The Morgan fingerprint density at radius 3 is 2.16 bits per heavy atom. The molecule has 6 atom stereocenters. The summed E-state index contributed by atoms with van der Waals surface area (Å²) in [5.41, 5.74) is 1.09.